The molecule has 1 aliphatic rings. The number of hydrogen-bond donors (Lipinski definition) is 1. The molecule has 0 aromatic heterocycles. The van der Waals surface area contributed by atoms with Gasteiger partial charge in [0.15, 0.2) is 0 Å². The van der Waals surface area contributed by atoms with E-state index < -0.39 is 11.2 Å². The maximum atomic E-state index is 13.5. The number of nitriles is 1. The fraction of sp³-hybridized carbons (Fsp3) is 0.0800. The van der Waals surface area contributed by atoms with Crippen LogP contribution in [-0.2, 0) is 16.0 Å². The molecule has 5 nitrogen and oxygen atoms in total. The van der Waals surface area contributed by atoms with Crippen LogP contribution in [0.4, 0.5) is 11.4 Å². The van der Waals surface area contributed by atoms with E-state index in [0.717, 1.165) is 5.56 Å². The number of carbonyl (C=O) groups excluding carboxylic acids is 2. The number of nitrogens with one attached hydrogen (secondary N) is 1. The molecule has 1 heterocycles. The molecule has 3 aromatic carbocycles. The SMILES string of the molecule is N#CC(C(=O)Nc1ccc(Cl)cc1)=C1SC(Cc2ccc(Cl)cc2)C(=O)N1c1ccc(Cl)cc1. The number of thioether (sulfide) groups is 1. The van der Waals surface area contributed by atoms with Gasteiger partial charge in [0, 0.05) is 26.4 Å². The zero-order valence-corrected chi connectivity index (χ0v) is 20.6. The molecule has 2 amide bonds. The molecule has 0 spiro atoms. The molecule has 3 aromatic rings. The molecule has 9 heteroatoms. The van der Waals surface area contributed by atoms with Crippen LogP contribution in [0.2, 0.25) is 15.1 Å². The van der Waals surface area contributed by atoms with Crippen molar-refractivity contribution in [3.05, 3.63) is 104 Å². The molecule has 1 saturated heterocycles. The first-order valence-corrected chi connectivity index (χ1v) is 12.1. The molecule has 1 fully saturated rings. The lowest BCUT2D eigenvalue weighted by atomic mass is 10.1. The monoisotopic (exact) mass is 527 g/mol. The molecular formula is C25H16Cl3N3O2S. The topological polar surface area (TPSA) is 73.2 Å². The first-order chi connectivity index (χ1) is 16.4. The first-order valence-electron chi connectivity index (χ1n) is 10.1. The molecule has 4 rings (SSSR count). The average Bonchev–Trinajstić information content (AvgIpc) is 3.13. The second kappa shape index (κ2) is 10.5. The van der Waals surface area contributed by atoms with E-state index >= 15 is 0 Å². The minimum atomic E-state index is -0.619. The van der Waals surface area contributed by atoms with Gasteiger partial charge in [-0.05, 0) is 72.6 Å². The summed E-state index contributed by atoms with van der Waals surface area (Å²) in [6, 6.07) is 22.4. The molecule has 1 aliphatic heterocycles. The number of halogens is 3. The van der Waals surface area contributed by atoms with Gasteiger partial charge >= 0.3 is 0 Å². The van der Waals surface area contributed by atoms with E-state index in [1.807, 2.05) is 18.2 Å². The number of hydrogen-bond acceptors (Lipinski definition) is 4. The van der Waals surface area contributed by atoms with Crippen LogP contribution in [0.15, 0.2) is 83.4 Å². The highest BCUT2D eigenvalue weighted by Crippen LogP contribution is 2.42. The Morgan fingerprint density at radius 2 is 1.44 bits per heavy atom. The van der Waals surface area contributed by atoms with Crippen LogP contribution in [0.25, 0.3) is 0 Å². The Kier molecular flexibility index (Phi) is 7.50. The van der Waals surface area contributed by atoms with Crippen LogP contribution < -0.4 is 10.2 Å². The molecule has 1 unspecified atom stereocenters. The largest absolute Gasteiger partial charge is 0.321 e. The molecule has 0 bridgehead atoms. The Balaban J connectivity index is 1.71. The van der Waals surface area contributed by atoms with Gasteiger partial charge in [-0.3, -0.25) is 14.5 Å². The van der Waals surface area contributed by atoms with E-state index in [4.69, 9.17) is 34.8 Å². The lowest BCUT2D eigenvalue weighted by Crippen LogP contribution is -2.30. The summed E-state index contributed by atoms with van der Waals surface area (Å²) in [6.45, 7) is 0. The zero-order valence-electron chi connectivity index (χ0n) is 17.5. The highest BCUT2D eigenvalue weighted by molar-refractivity contribution is 8.05. The Morgan fingerprint density at radius 1 is 0.912 bits per heavy atom. The van der Waals surface area contributed by atoms with E-state index in [-0.39, 0.29) is 16.5 Å². The summed E-state index contributed by atoms with van der Waals surface area (Å²) in [5, 5.41) is 14.0. The predicted molar refractivity (Wildman–Crippen MR) is 138 cm³/mol. The molecule has 0 saturated carbocycles. The highest BCUT2D eigenvalue weighted by atomic mass is 35.5. The Labute approximate surface area is 215 Å². The van der Waals surface area contributed by atoms with Crippen molar-refractivity contribution in [2.24, 2.45) is 0 Å². The van der Waals surface area contributed by atoms with E-state index in [1.54, 1.807) is 60.7 Å². The summed E-state index contributed by atoms with van der Waals surface area (Å²) in [6.07, 6.45) is 0.409. The molecule has 170 valence electrons. The van der Waals surface area contributed by atoms with Crippen molar-refractivity contribution in [1.29, 1.82) is 5.26 Å². The Hall–Kier alpha value is -2.95. The standard InChI is InChI=1S/C25H16Cl3N3O2S/c26-16-3-1-15(2-4-16)13-22-24(33)31(20-11-7-18(28)8-12-20)25(34-22)21(14-29)23(32)30-19-9-5-17(27)6-10-19/h1-12,22H,13H2,(H,30,32). The Morgan fingerprint density at radius 3 is 2.00 bits per heavy atom. The number of benzene rings is 3. The second-order valence-corrected chi connectivity index (χ2v) is 9.84. The fourth-order valence-corrected chi connectivity index (χ4v) is 5.06. The van der Waals surface area contributed by atoms with Crippen molar-refractivity contribution >= 4 is 69.8 Å². The second-order valence-electron chi connectivity index (χ2n) is 7.34. The van der Waals surface area contributed by atoms with E-state index in [1.165, 1.54) is 16.7 Å². The van der Waals surface area contributed by atoms with Crippen LogP contribution in [0.3, 0.4) is 0 Å². The van der Waals surface area contributed by atoms with Crippen LogP contribution in [0.1, 0.15) is 5.56 Å². The minimum absolute atomic E-state index is 0.165. The minimum Gasteiger partial charge on any atom is -0.321 e. The van der Waals surface area contributed by atoms with Gasteiger partial charge in [-0.2, -0.15) is 5.26 Å². The summed E-state index contributed by atoms with van der Waals surface area (Å²) in [4.78, 5) is 27.9. The average molecular weight is 529 g/mol. The number of carbonyl (C=O) groups is 2. The number of anilines is 2. The maximum Gasteiger partial charge on any atom is 0.269 e. The van der Waals surface area contributed by atoms with Gasteiger partial charge < -0.3 is 5.32 Å². The van der Waals surface area contributed by atoms with Crippen LogP contribution >= 0.6 is 46.6 Å². The van der Waals surface area contributed by atoms with Gasteiger partial charge in [0.25, 0.3) is 5.91 Å². The number of amides is 2. The lowest BCUT2D eigenvalue weighted by Gasteiger charge is -2.19. The predicted octanol–water partition coefficient (Wildman–Crippen LogP) is 6.71. The molecular weight excluding hydrogens is 513 g/mol. The summed E-state index contributed by atoms with van der Waals surface area (Å²) in [7, 11) is 0. The smallest absolute Gasteiger partial charge is 0.269 e. The van der Waals surface area contributed by atoms with E-state index in [9.17, 15) is 14.9 Å². The third kappa shape index (κ3) is 5.40. The normalized spacial score (nSPS) is 16.8. The van der Waals surface area contributed by atoms with Crippen molar-refractivity contribution in [1.82, 2.24) is 0 Å². The fourth-order valence-electron chi connectivity index (χ4n) is 3.37. The van der Waals surface area contributed by atoms with Gasteiger partial charge in [-0.25, -0.2) is 0 Å². The number of rotatable bonds is 5. The van der Waals surface area contributed by atoms with Crippen molar-refractivity contribution in [2.75, 3.05) is 10.2 Å². The van der Waals surface area contributed by atoms with Crippen LogP contribution in [0.5, 0.6) is 0 Å². The highest BCUT2D eigenvalue weighted by Gasteiger charge is 2.40. The third-order valence-electron chi connectivity index (χ3n) is 5.03. The van der Waals surface area contributed by atoms with Gasteiger partial charge in [0.2, 0.25) is 5.91 Å². The van der Waals surface area contributed by atoms with Gasteiger partial charge in [0.1, 0.15) is 16.7 Å². The maximum absolute atomic E-state index is 13.5. The third-order valence-corrected chi connectivity index (χ3v) is 7.05. The summed E-state index contributed by atoms with van der Waals surface area (Å²) in [5.74, 6) is -0.851. The first kappa shape index (κ1) is 24.2. The molecule has 0 radical (unpaired) electrons. The van der Waals surface area contributed by atoms with Gasteiger partial charge in [0.05, 0.1) is 5.25 Å². The number of nitrogens with zero attached hydrogens (tertiary/aromatic N) is 2. The zero-order chi connectivity index (χ0) is 24.2. The summed E-state index contributed by atoms with van der Waals surface area (Å²) < 4.78 is 0. The van der Waals surface area contributed by atoms with Crippen molar-refractivity contribution in [3.8, 4) is 6.07 Å². The van der Waals surface area contributed by atoms with Gasteiger partial charge in [-0.15, -0.1) is 0 Å². The lowest BCUT2D eigenvalue weighted by molar-refractivity contribution is -0.117. The quantitative estimate of drug-likeness (QED) is 0.295. The van der Waals surface area contributed by atoms with Crippen molar-refractivity contribution in [2.45, 2.75) is 11.7 Å². The molecule has 1 N–H and O–H groups in total. The van der Waals surface area contributed by atoms with Gasteiger partial charge in [-0.1, -0.05) is 58.7 Å². The molecule has 0 aliphatic carbocycles. The summed E-state index contributed by atoms with van der Waals surface area (Å²) in [5.41, 5.74) is 1.74. The Bertz CT molecular complexity index is 1300. The summed E-state index contributed by atoms with van der Waals surface area (Å²) >= 11 is 19.1. The molecule has 34 heavy (non-hydrogen) atoms. The van der Waals surface area contributed by atoms with E-state index in [2.05, 4.69) is 5.32 Å². The van der Waals surface area contributed by atoms with Crippen molar-refractivity contribution < 1.29 is 9.59 Å². The van der Waals surface area contributed by atoms with Crippen molar-refractivity contribution in [3.63, 3.8) is 0 Å². The van der Waals surface area contributed by atoms with E-state index in [0.29, 0.717) is 32.9 Å². The van der Waals surface area contributed by atoms with Crippen LogP contribution in [0, 0.1) is 11.3 Å². The molecule has 1 atom stereocenters. The van der Waals surface area contributed by atoms with Crippen LogP contribution in [-0.4, -0.2) is 17.1 Å².